The molecule has 0 bridgehead atoms. The molecule has 0 unspecified atom stereocenters. The predicted molar refractivity (Wildman–Crippen MR) is 58.6 cm³/mol. The molecule has 1 amide bonds. The van der Waals surface area contributed by atoms with Crippen LogP contribution in [-0.4, -0.2) is 53.8 Å². The van der Waals surface area contributed by atoms with Gasteiger partial charge in [0.25, 0.3) is 5.78 Å². The van der Waals surface area contributed by atoms with Gasteiger partial charge in [-0.25, -0.2) is 0 Å². The molecule has 1 rings (SSSR count). The van der Waals surface area contributed by atoms with Crippen LogP contribution < -0.4 is 0 Å². The Bertz CT molecular complexity index is 369. The summed E-state index contributed by atoms with van der Waals surface area (Å²) in [6.07, 6.45) is -4.23. The van der Waals surface area contributed by atoms with Gasteiger partial charge in [0.05, 0.1) is 0 Å². The maximum absolute atomic E-state index is 12.1. The first-order chi connectivity index (χ1) is 8.21. The van der Waals surface area contributed by atoms with Gasteiger partial charge in [0, 0.05) is 44.9 Å². The monoisotopic (exact) mass is 264 g/mol. The number of alkyl halides is 3. The number of hydrogen-bond acceptors (Lipinski definition) is 3. The van der Waals surface area contributed by atoms with Crippen molar-refractivity contribution in [2.45, 2.75) is 20.0 Å². The quantitative estimate of drug-likeness (QED) is 0.703. The molecule has 1 heterocycles. The van der Waals surface area contributed by atoms with E-state index in [4.69, 9.17) is 0 Å². The van der Waals surface area contributed by atoms with Crippen molar-refractivity contribution >= 4 is 11.7 Å². The normalized spacial score (nSPS) is 17.9. The lowest BCUT2D eigenvalue weighted by molar-refractivity contribution is -0.165. The first-order valence-electron chi connectivity index (χ1n) is 5.51. The van der Waals surface area contributed by atoms with Crippen LogP contribution in [0.5, 0.6) is 0 Å². The van der Waals surface area contributed by atoms with Gasteiger partial charge in [-0.05, 0) is 6.92 Å². The van der Waals surface area contributed by atoms with E-state index >= 15 is 0 Å². The Labute approximate surface area is 103 Å². The first-order valence-corrected chi connectivity index (χ1v) is 5.51. The van der Waals surface area contributed by atoms with Gasteiger partial charge in [-0.2, -0.15) is 13.2 Å². The van der Waals surface area contributed by atoms with Crippen LogP contribution >= 0.6 is 0 Å². The third kappa shape index (κ3) is 3.75. The summed E-state index contributed by atoms with van der Waals surface area (Å²) in [5.74, 6) is -1.91. The molecule has 0 radical (unpaired) electrons. The van der Waals surface area contributed by atoms with Crippen LogP contribution in [0.4, 0.5) is 13.2 Å². The molecular weight excluding hydrogens is 249 g/mol. The van der Waals surface area contributed by atoms with Gasteiger partial charge in [0.15, 0.2) is 0 Å². The van der Waals surface area contributed by atoms with E-state index < -0.39 is 12.0 Å². The smallest absolute Gasteiger partial charge is 0.371 e. The van der Waals surface area contributed by atoms with Crippen molar-refractivity contribution in [2.24, 2.45) is 0 Å². The zero-order chi connectivity index (χ0) is 13.9. The molecule has 102 valence electrons. The predicted octanol–water partition coefficient (Wildman–Crippen LogP) is 1.19. The van der Waals surface area contributed by atoms with Crippen LogP contribution in [-0.2, 0) is 9.59 Å². The van der Waals surface area contributed by atoms with Gasteiger partial charge in [-0.3, -0.25) is 9.59 Å². The highest BCUT2D eigenvalue weighted by Crippen LogP contribution is 2.18. The van der Waals surface area contributed by atoms with Crippen molar-refractivity contribution in [3.8, 4) is 0 Å². The number of allylic oxidation sites excluding steroid dienone is 2. The summed E-state index contributed by atoms with van der Waals surface area (Å²) in [7, 11) is 0. The second-order valence-corrected chi connectivity index (χ2v) is 4.14. The van der Waals surface area contributed by atoms with Crippen molar-refractivity contribution in [3.63, 3.8) is 0 Å². The zero-order valence-corrected chi connectivity index (χ0v) is 10.3. The lowest BCUT2D eigenvalue weighted by Gasteiger charge is -2.36. The Morgan fingerprint density at radius 2 is 1.44 bits per heavy atom. The number of halogens is 3. The van der Waals surface area contributed by atoms with E-state index in [0.717, 1.165) is 0 Å². The molecule has 1 aliphatic heterocycles. The highest BCUT2D eigenvalue weighted by molar-refractivity contribution is 5.94. The lowest BCUT2D eigenvalue weighted by Crippen LogP contribution is -2.47. The van der Waals surface area contributed by atoms with Crippen LogP contribution in [0.25, 0.3) is 0 Å². The van der Waals surface area contributed by atoms with E-state index in [2.05, 4.69) is 0 Å². The topological polar surface area (TPSA) is 40.6 Å². The van der Waals surface area contributed by atoms with Gasteiger partial charge in [-0.15, -0.1) is 0 Å². The highest BCUT2D eigenvalue weighted by atomic mass is 19.4. The molecule has 18 heavy (non-hydrogen) atoms. The number of nitrogens with zero attached hydrogens (tertiary/aromatic N) is 2. The Morgan fingerprint density at radius 3 is 1.83 bits per heavy atom. The minimum Gasteiger partial charge on any atom is -0.371 e. The van der Waals surface area contributed by atoms with Crippen molar-refractivity contribution in [2.75, 3.05) is 26.2 Å². The Balaban J connectivity index is 2.60. The zero-order valence-electron chi connectivity index (χ0n) is 10.3. The fourth-order valence-corrected chi connectivity index (χ4v) is 1.74. The maximum Gasteiger partial charge on any atom is 0.454 e. The molecule has 0 saturated carbocycles. The van der Waals surface area contributed by atoms with Crippen LogP contribution in [0.2, 0.25) is 0 Å². The van der Waals surface area contributed by atoms with Gasteiger partial charge in [0.2, 0.25) is 5.91 Å². The Morgan fingerprint density at radius 1 is 1.00 bits per heavy atom. The molecule has 0 aromatic carbocycles. The number of amides is 1. The molecule has 7 heteroatoms. The minimum absolute atomic E-state index is 0.0531. The average molecular weight is 264 g/mol. The van der Waals surface area contributed by atoms with Gasteiger partial charge in [0.1, 0.15) is 0 Å². The van der Waals surface area contributed by atoms with Crippen molar-refractivity contribution in [3.05, 3.63) is 11.8 Å². The van der Waals surface area contributed by atoms with Crippen molar-refractivity contribution < 1.29 is 22.8 Å². The number of rotatable bonds is 2. The van der Waals surface area contributed by atoms with E-state index in [1.807, 2.05) is 0 Å². The molecule has 0 aromatic rings. The third-order valence-electron chi connectivity index (χ3n) is 2.84. The van der Waals surface area contributed by atoms with Crippen LogP contribution in [0.1, 0.15) is 13.8 Å². The summed E-state index contributed by atoms with van der Waals surface area (Å²) in [5.41, 5.74) is 0.278. The molecule has 0 aliphatic carbocycles. The second-order valence-electron chi connectivity index (χ2n) is 4.14. The molecule has 0 aromatic heterocycles. The number of piperazine rings is 1. The van der Waals surface area contributed by atoms with Gasteiger partial charge < -0.3 is 9.80 Å². The van der Waals surface area contributed by atoms with Crippen molar-refractivity contribution in [1.29, 1.82) is 0 Å². The van der Waals surface area contributed by atoms with E-state index in [9.17, 15) is 22.8 Å². The third-order valence-corrected chi connectivity index (χ3v) is 2.84. The van der Waals surface area contributed by atoms with E-state index in [1.54, 1.807) is 9.80 Å². The van der Waals surface area contributed by atoms with E-state index in [0.29, 0.717) is 32.3 Å². The fourth-order valence-electron chi connectivity index (χ4n) is 1.74. The molecule has 0 spiro atoms. The van der Waals surface area contributed by atoms with Crippen LogP contribution in [0, 0.1) is 0 Å². The summed E-state index contributed by atoms with van der Waals surface area (Å²) in [6, 6.07) is 0. The molecule has 0 N–H and O–H groups in total. The summed E-state index contributed by atoms with van der Waals surface area (Å²) >= 11 is 0. The first kappa shape index (κ1) is 14.5. The molecule has 1 saturated heterocycles. The molecule has 1 aliphatic rings. The molecule has 0 atom stereocenters. The summed E-state index contributed by atoms with van der Waals surface area (Å²) in [5, 5.41) is 0. The number of carbonyl (C=O) groups excluding carboxylic acids is 2. The largest absolute Gasteiger partial charge is 0.454 e. The summed E-state index contributed by atoms with van der Waals surface area (Å²) in [4.78, 5) is 25.2. The van der Waals surface area contributed by atoms with Crippen LogP contribution in [0.3, 0.4) is 0 Å². The highest BCUT2D eigenvalue weighted by Gasteiger charge is 2.36. The van der Waals surface area contributed by atoms with Gasteiger partial charge in [-0.1, -0.05) is 0 Å². The summed E-state index contributed by atoms with van der Waals surface area (Å²) in [6.45, 7) is 4.71. The Kier molecular flexibility index (Phi) is 4.37. The summed E-state index contributed by atoms with van der Waals surface area (Å²) < 4.78 is 36.2. The average Bonchev–Trinajstić information content (AvgIpc) is 2.27. The minimum atomic E-state index is -4.83. The van der Waals surface area contributed by atoms with Crippen molar-refractivity contribution in [1.82, 2.24) is 9.80 Å². The van der Waals surface area contributed by atoms with Crippen LogP contribution in [0.15, 0.2) is 11.8 Å². The number of ketones is 1. The Hall–Kier alpha value is -1.53. The van der Waals surface area contributed by atoms with E-state index in [1.165, 1.54) is 13.8 Å². The molecule has 4 nitrogen and oxygen atoms in total. The number of carbonyl (C=O) groups is 2. The molecule has 1 fully saturated rings. The molecular formula is C11H15F3N2O2. The maximum atomic E-state index is 12.1. The second kappa shape index (κ2) is 5.41. The van der Waals surface area contributed by atoms with E-state index in [-0.39, 0.29) is 11.6 Å². The lowest BCUT2D eigenvalue weighted by atomic mass is 10.2. The fraction of sp³-hybridized carbons (Fsp3) is 0.636. The van der Waals surface area contributed by atoms with Gasteiger partial charge >= 0.3 is 6.18 Å². The standard InChI is InChI=1S/C11H15F3N2O2/c1-8(7-10(18)11(12,13)14)15-3-5-16(6-4-15)9(2)17/h7H,3-6H2,1-2H3/b8-7-. The SMILES string of the molecule is CC(=O)N1CCN(/C(C)=C\C(=O)C(F)(F)F)CC1. The number of hydrogen-bond donors (Lipinski definition) is 0.